The van der Waals surface area contributed by atoms with E-state index >= 15 is 0 Å². The second kappa shape index (κ2) is 7.84. The van der Waals surface area contributed by atoms with E-state index < -0.39 is 6.10 Å². The molecule has 0 saturated heterocycles. The average molecular weight is 431 g/mol. The number of hydrogen-bond donors (Lipinski definition) is 0. The van der Waals surface area contributed by atoms with Gasteiger partial charge in [0, 0.05) is 20.6 Å². The minimum atomic E-state index is -0.405. The summed E-state index contributed by atoms with van der Waals surface area (Å²) in [5, 5.41) is 0.539. The van der Waals surface area contributed by atoms with Crippen molar-refractivity contribution in [2.45, 2.75) is 19.6 Å². The summed E-state index contributed by atoms with van der Waals surface area (Å²) in [4.78, 5) is 26.2. The van der Waals surface area contributed by atoms with E-state index in [9.17, 15) is 9.59 Å². The number of rotatable bonds is 4. The van der Waals surface area contributed by atoms with E-state index in [0.717, 1.165) is 28.3 Å². The summed E-state index contributed by atoms with van der Waals surface area (Å²) in [6.07, 6.45) is -0.405. The zero-order chi connectivity index (χ0) is 22.4. The Morgan fingerprint density at radius 2 is 1.72 bits per heavy atom. The van der Waals surface area contributed by atoms with E-state index in [1.807, 2.05) is 61.5 Å². The van der Waals surface area contributed by atoms with Crippen LogP contribution in [0.3, 0.4) is 0 Å². The van der Waals surface area contributed by atoms with Crippen molar-refractivity contribution in [3.8, 4) is 17.0 Å². The lowest BCUT2D eigenvalue weighted by atomic mass is 10.0. The Morgan fingerprint density at radius 1 is 1.00 bits per heavy atom. The van der Waals surface area contributed by atoms with Gasteiger partial charge in [0.2, 0.25) is 0 Å². The molecular formula is C25H25N3O4. The highest BCUT2D eigenvalue weighted by Crippen LogP contribution is 2.40. The van der Waals surface area contributed by atoms with Gasteiger partial charge in [0.25, 0.3) is 5.56 Å². The van der Waals surface area contributed by atoms with E-state index in [1.54, 1.807) is 11.6 Å². The summed E-state index contributed by atoms with van der Waals surface area (Å²) in [5.74, 6) is 0.790. The highest BCUT2D eigenvalue weighted by atomic mass is 16.5. The lowest BCUT2D eigenvalue weighted by Gasteiger charge is -2.28. The van der Waals surface area contributed by atoms with Gasteiger partial charge in [0.15, 0.2) is 0 Å². The molecular weight excluding hydrogens is 406 g/mol. The number of fused-ring (bicyclic) bond motifs is 3. The zero-order valence-corrected chi connectivity index (χ0v) is 18.4. The molecule has 1 atom stereocenters. The van der Waals surface area contributed by atoms with Crippen LogP contribution in [0.5, 0.6) is 5.75 Å². The molecule has 164 valence electrons. The molecule has 7 heteroatoms. The fourth-order valence-corrected chi connectivity index (χ4v) is 4.64. The predicted molar refractivity (Wildman–Crippen MR) is 123 cm³/mol. The predicted octanol–water partition coefficient (Wildman–Crippen LogP) is 3.22. The Labute approximate surface area is 185 Å². The molecule has 4 aromatic rings. The molecule has 0 amide bonds. The van der Waals surface area contributed by atoms with E-state index in [-0.39, 0.29) is 11.2 Å². The summed E-state index contributed by atoms with van der Waals surface area (Å²) in [6, 6.07) is 17.6. The third-order valence-corrected chi connectivity index (χ3v) is 6.09. The van der Waals surface area contributed by atoms with Crippen LogP contribution in [0.25, 0.3) is 22.2 Å². The third kappa shape index (κ3) is 3.00. The van der Waals surface area contributed by atoms with Crippen LogP contribution in [0.2, 0.25) is 0 Å². The maximum absolute atomic E-state index is 13.4. The van der Waals surface area contributed by atoms with E-state index in [1.165, 1.54) is 11.6 Å². The van der Waals surface area contributed by atoms with Crippen LogP contribution in [-0.2, 0) is 25.4 Å². The van der Waals surface area contributed by atoms with Crippen molar-refractivity contribution in [2.75, 3.05) is 13.2 Å². The molecule has 0 radical (unpaired) electrons. The average Bonchev–Trinajstić information content (AvgIpc) is 3.18. The molecule has 1 aliphatic heterocycles. The fraction of sp³-hybridized carbons (Fsp3) is 0.280. The van der Waals surface area contributed by atoms with Gasteiger partial charge in [-0.25, -0.2) is 4.79 Å². The van der Waals surface area contributed by atoms with Crippen LogP contribution in [0.15, 0.2) is 64.2 Å². The third-order valence-electron chi connectivity index (χ3n) is 6.09. The molecule has 0 saturated carbocycles. The van der Waals surface area contributed by atoms with Crippen molar-refractivity contribution in [3.05, 3.63) is 86.7 Å². The summed E-state index contributed by atoms with van der Waals surface area (Å²) >= 11 is 0. The largest absolute Gasteiger partial charge is 0.494 e. The summed E-state index contributed by atoms with van der Waals surface area (Å²) in [7, 11) is 3.24. The molecule has 0 aliphatic carbocycles. The zero-order valence-electron chi connectivity index (χ0n) is 18.4. The molecule has 0 fully saturated rings. The van der Waals surface area contributed by atoms with Gasteiger partial charge in [-0.3, -0.25) is 13.9 Å². The van der Waals surface area contributed by atoms with Crippen LogP contribution < -0.4 is 16.0 Å². The monoisotopic (exact) mass is 431 g/mol. The minimum Gasteiger partial charge on any atom is -0.494 e. The van der Waals surface area contributed by atoms with Crippen molar-refractivity contribution in [2.24, 2.45) is 14.1 Å². The molecule has 5 rings (SSSR count). The number of hydrogen-bond acceptors (Lipinski definition) is 4. The van der Waals surface area contributed by atoms with Crippen LogP contribution in [-0.4, -0.2) is 26.9 Å². The lowest BCUT2D eigenvalue weighted by molar-refractivity contribution is 0.0478. The quantitative estimate of drug-likeness (QED) is 0.498. The van der Waals surface area contributed by atoms with Gasteiger partial charge in [0.05, 0.1) is 35.5 Å². The molecule has 32 heavy (non-hydrogen) atoms. The smallest absolute Gasteiger partial charge is 0.331 e. The first kappa shape index (κ1) is 20.3. The van der Waals surface area contributed by atoms with Gasteiger partial charge < -0.3 is 14.0 Å². The maximum Gasteiger partial charge on any atom is 0.331 e. The molecule has 0 N–H and O–H groups in total. The van der Waals surface area contributed by atoms with Gasteiger partial charge in [-0.05, 0) is 30.2 Å². The van der Waals surface area contributed by atoms with Crippen molar-refractivity contribution in [3.63, 3.8) is 0 Å². The van der Waals surface area contributed by atoms with Crippen LogP contribution in [0, 0.1) is 0 Å². The molecule has 0 spiro atoms. The molecule has 2 aromatic carbocycles. The van der Waals surface area contributed by atoms with Gasteiger partial charge in [0.1, 0.15) is 11.9 Å². The van der Waals surface area contributed by atoms with Gasteiger partial charge in [-0.2, -0.15) is 0 Å². The van der Waals surface area contributed by atoms with Crippen LogP contribution in [0.1, 0.15) is 24.3 Å². The number of aromatic nitrogens is 3. The van der Waals surface area contributed by atoms with E-state index in [4.69, 9.17) is 9.47 Å². The van der Waals surface area contributed by atoms with Gasteiger partial charge in [-0.15, -0.1) is 0 Å². The Kier molecular flexibility index (Phi) is 4.98. The summed E-state index contributed by atoms with van der Waals surface area (Å²) in [6.45, 7) is 3.64. The number of aryl methyl sites for hydroxylation is 1. The molecule has 7 nitrogen and oxygen atoms in total. The first-order valence-corrected chi connectivity index (χ1v) is 10.7. The number of ether oxygens (including phenoxy) is 2. The van der Waals surface area contributed by atoms with Crippen LogP contribution in [0.4, 0.5) is 0 Å². The van der Waals surface area contributed by atoms with Crippen molar-refractivity contribution in [1.29, 1.82) is 0 Å². The minimum absolute atomic E-state index is 0.297. The summed E-state index contributed by atoms with van der Waals surface area (Å²) < 4.78 is 16.7. The van der Waals surface area contributed by atoms with Gasteiger partial charge >= 0.3 is 5.69 Å². The second-order valence-corrected chi connectivity index (χ2v) is 7.93. The number of nitrogens with zero attached hydrogens (tertiary/aromatic N) is 3. The Morgan fingerprint density at radius 3 is 2.41 bits per heavy atom. The fourth-order valence-electron chi connectivity index (χ4n) is 4.64. The second-order valence-electron chi connectivity index (χ2n) is 7.93. The Balaban J connectivity index is 1.85. The van der Waals surface area contributed by atoms with E-state index in [2.05, 4.69) is 4.57 Å². The van der Waals surface area contributed by atoms with E-state index in [0.29, 0.717) is 30.7 Å². The van der Waals surface area contributed by atoms with Gasteiger partial charge in [-0.1, -0.05) is 42.5 Å². The van der Waals surface area contributed by atoms with Crippen molar-refractivity contribution >= 4 is 10.9 Å². The summed E-state index contributed by atoms with van der Waals surface area (Å²) in [5.41, 5.74) is 3.50. The molecule has 0 unspecified atom stereocenters. The maximum atomic E-state index is 13.4. The standard InChI is InChI=1S/C25H25N3O4/c1-4-31-18-12-10-17(11-13-18)23-22-21-19(24(29)27(3)25(30)26(21)2)20(28(22)14-15-32-23)16-8-6-5-7-9-16/h5-13,23H,4,14-15H2,1-3H3/t23-/m1/s1. The molecule has 3 heterocycles. The first-order valence-electron chi connectivity index (χ1n) is 10.7. The molecule has 0 bridgehead atoms. The lowest BCUT2D eigenvalue weighted by Crippen LogP contribution is -2.37. The SMILES string of the molecule is CCOc1ccc([C@H]2OCCn3c(-c4ccccc4)c4c(=O)n(C)c(=O)n(C)c4c32)cc1. The Bertz CT molecular complexity index is 1410. The topological polar surface area (TPSA) is 67.4 Å². The highest BCUT2D eigenvalue weighted by Gasteiger charge is 2.33. The van der Waals surface area contributed by atoms with Crippen molar-refractivity contribution < 1.29 is 9.47 Å². The molecule has 1 aliphatic rings. The van der Waals surface area contributed by atoms with Crippen molar-refractivity contribution in [1.82, 2.24) is 13.7 Å². The Hall–Kier alpha value is -3.58. The normalized spacial score (nSPS) is 15.7. The van der Waals surface area contributed by atoms with Crippen LogP contribution >= 0.6 is 0 Å². The number of benzene rings is 2. The highest BCUT2D eigenvalue weighted by molar-refractivity contribution is 5.96. The first-order chi connectivity index (χ1) is 15.5. The molecule has 2 aromatic heterocycles.